The Bertz CT molecular complexity index is 173. The van der Waals surface area contributed by atoms with E-state index in [1.54, 1.807) is 0 Å². The molecule has 0 saturated heterocycles. The Morgan fingerprint density at radius 2 is 1.92 bits per heavy atom. The van der Waals surface area contributed by atoms with E-state index in [9.17, 15) is 14.7 Å². The molecule has 0 aromatic carbocycles. The van der Waals surface area contributed by atoms with Gasteiger partial charge in [-0.15, -0.1) is 0 Å². The molecule has 0 saturated carbocycles. The monoisotopic (exact) mass is 228 g/mol. The summed E-state index contributed by atoms with van der Waals surface area (Å²) < 4.78 is 0. The third-order valence-corrected chi connectivity index (χ3v) is 2.05. The molecule has 0 spiro atoms. The number of carboxylic acids is 1. The molecule has 0 heterocycles. The van der Waals surface area contributed by atoms with Crippen LogP contribution in [0.2, 0.25) is 0 Å². The summed E-state index contributed by atoms with van der Waals surface area (Å²) in [5.41, 5.74) is 0. The van der Waals surface area contributed by atoms with Gasteiger partial charge in [0.15, 0.2) is 5.78 Å². The Balaban J connectivity index is 0. The van der Waals surface area contributed by atoms with Crippen molar-refractivity contribution in [1.29, 1.82) is 0 Å². The summed E-state index contributed by atoms with van der Waals surface area (Å²) in [7, 11) is 0. The van der Waals surface area contributed by atoms with Crippen molar-refractivity contribution in [2.24, 2.45) is 0 Å². The molecular formula is C8H13KO3S. The van der Waals surface area contributed by atoms with E-state index in [0.717, 1.165) is 19.3 Å². The van der Waals surface area contributed by atoms with Crippen LogP contribution in [0.4, 0.5) is 0 Å². The second kappa shape index (κ2) is 9.67. The molecule has 0 N–H and O–H groups in total. The quantitative estimate of drug-likeness (QED) is 0.231. The van der Waals surface area contributed by atoms with Crippen molar-refractivity contribution in [3.8, 4) is 0 Å². The number of thiol groups is 1. The van der Waals surface area contributed by atoms with Crippen LogP contribution in [0.5, 0.6) is 0 Å². The average molecular weight is 228 g/mol. The first-order chi connectivity index (χ1) is 5.59. The van der Waals surface area contributed by atoms with Gasteiger partial charge in [0.05, 0.1) is 11.2 Å². The van der Waals surface area contributed by atoms with Crippen molar-refractivity contribution in [3.05, 3.63) is 0 Å². The Hall–Kier alpha value is 1.13. The second-order valence-electron chi connectivity index (χ2n) is 2.64. The molecule has 70 valence electrons. The summed E-state index contributed by atoms with van der Waals surface area (Å²) in [6, 6.07) is 0. The zero-order chi connectivity index (χ0) is 9.56. The number of carbonyl (C=O) groups is 2. The van der Waals surface area contributed by atoms with E-state index < -0.39 is 11.2 Å². The van der Waals surface area contributed by atoms with E-state index in [-0.39, 0.29) is 63.6 Å². The minimum Gasteiger partial charge on any atom is -0.548 e. The first-order valence-electron chi connectivity index (χ1n) is 4.01. The number of carbonyl (C=O) groups excluding carboxylic acids is 2. The van der Waals surface area contributed by atoms with E-state index in [4.69, 9.17) is 0 Å². The molecule has 0 aliphatic heterocycles. The largest absolute Gasteiger partial charge is 1.00 e. The number of unbranched alkanes of at least 4 members (excludes halogenated alkanes) is 2. The summed E-state index contributed by atoms with van der Waals surface area (Å²) in [6.45, 7) is 2.02. The summed E-state index contributed by atoms with van der Waals surface area (Å²) in [6.07, 6.45) is 2.98. The van der Waals surface area contributed by atoms with Crippen LogP contribution in [-0.2, 0) is 9.59 Å². The average Bonchev–Trinajstić information content (AvgIpc) is 2.03. The maximum absolute atomic E-state index is 11.0. The molecule has 3 nitrogen and oxygen atoms in total. The van der Waals surface area contributed by atoms with Gasteiger partial charge in [0.2, 0.25) is 0 Å². The van der Waals surface area contributed by atoms with E-state index in [1.807, 2.05) is 6.92 Å². The van der Waals surface area contributed by atoms with Gasteiger partial charge in [-0.3, -0.25) is 4.79 Å². The van der Waals surface area contributed by atoms with E-state index in [1.165, 1.54) is 0 Å². The zero-order valence-corrected chi connectivity index (χ0v) is 12.1. The molecule has 0 aromatic heterocycles. The van der Waals surface area contributed by atoms with Gasteiger partial charge >= 0.3 is 51.4 Å². The van der Waals surface area contributed by atoms with Crippen molar-refractivity contribution in [3.63, 3.8) is 0 Å². The predicted molar refractivity (Wildman–Crippen MR) is 46.9 cm³/mol. The minimum atomic E-state index is -1.40. The predicted octanol–water partition coefficient (Wildman–Crippen LogP) is -2.81. The van der Waals surface area contributed by atoms with Crippen LogP contribution in [0.3, 0.4) is 0 Å². The SMILES string of the molecule is CCCCCC(=O)C(S)C(=O)[O-].[K+]. The fourth-order valence-electron chi connectivity index (χ4n) is 0.817. The van der Waals surface area contributed by atoms with Crippen LogP contribution < -0.4 is 56.5 Å². The first-order valence-corrected chi connectivity index (χ1v) is 4.52. The summed E-state index contributed by atoms with van der Waals surface area (Å²) in [4.78, 5) is 21.1. The number of Topliss-reactive ketones (excluding diaryl/α,β-unsaturated/α-hetero) is 1. The molecule has 0 amide bonds. The molecule has 0 aromatic rings. The summed E-state index contributed by atoms with van der Waals surface area (Å²) in [5.74, 6) is -1.76. The zero-order valence-electron chi connectivity index (χ0n) is 8.08. The Morgan fingerprint density at radius 3 is 2.31 bits per heavy atom. The van der Waals surface area contributed by atoms with Crippen LogP contribution in [0.15, 0.2) is 0 Å². The van der Waals surface area contributed by atoms with Gasteiger partial charge in [-0.2, -0.15) is 12.6 Å². The van der Waals surface area contributed by atoms with Gasteiger partial charge in [-0.25, -0.2) is 0 Å². The van der Waals surface area contributed by atoms with Crippen LogP contribution in [-0.4, -0.2) is 17.0 Å². The minimum absolute atomic E-state index is 0. The smallest absolute Gasteiger partial charge is 0.548 e. The van der Waals surface area contributed by atoms with Gasteiger partial charge in [0, 0.05) is 6.42 Å². The topological polar surface area (TPSA) is 57.2 Å². The second-order valence-corrected chi connectivity index (χ2v) is 3.16. The van der Waals surface area contributed by atoms with Crippen LogP contribution in [0.1, 0.15) is 32.6 Å². The Labute approximate surface area is 126 Å². The maximum Gasteiger partial charge on any atom is 1.00 e. The standard InChI is InChI=1S/C8H14O3S.K/c1-2-3-4-5-6(9)7(12)8(10)11;/h7,12H,2-5H2,1H3,(H,10,11);/q;+1/p-1. The van der Waals surface area contributed by atoms with Gasteiger partial charge in [-0.1, -0.05) is 19.8 Å². The van der Waals surface area contributed by atoms with Crippen LogP contribution in [0, 0.1) is 0 Å². The molecule has 1 atom stereocenters. The molecule has 13 heavy (non-hydrogen) atoms. The fourth-order valence-corrected chi connectivity index (χ4v) is 0.946. The van der Waals surface area contributed by atoms with Crippen molar-refractivity contribution in [2.45, 2.75) is 37.9 Å². The maximum atomic E-state index is 11.0. The Morgan fingerprint density at radius 1 is 1.38 bits per heavy atom. The van der Waals surface area contributed by atoms with Crippen molar-refractivity contribution in [2.75, 3.05) is 0 Å². The number of aliphatic carboxylic acids is 1. The molecule has 5 heteroatoms. The molecule has 1 unspecified atom stereocenters. The van der Waals surface area contributed by atoms with Crippen molar-refractivity contribution in [1.82, 2.24) is 0 Å². The number of carboxylic acid groups (broad SMARTS) is 1. The van der Waals surface area contributed by atoms with Crippen LogP contribution in [0.25, 0.3) is 0 Å². The third-order valence-electron chi connectivity index (χ3n) is 1.55. The first kappa shape index (κ1) is 16.6. The molecule has 0 fully saturated rings. The number of hydrogen-bond acceptors (Lipinski definition) is 4. The summed E-state index contributed by atoms with van der Waals surface area (Å²) >= 11 is 3.61. The van der Waals surface area contributed by atoms with E-state index in [0.29, 0.717) is 0 Å². The van der Waals surface area contributed by atoms with E-state index >= 15 is 0 Å². The number of hydrogen-bond donors (Lipinski definition) is 1. The molecule has 0 radical (unpaired) electrons. The Kier molecular flexibility index (Phi) is 12.3. The molecular weight excluding hydrogens is 215 g/mol. The fraction of sp³-hybridized carbons (Fsp3) is 0.750. The molecule has 0 bridgehead atoms. The number of rotatable bonds is 6. The van der Waals surface area contributed by atoms with Gasteiger partial charge < -0.3 is 9.90 Å². The van der Waals surface area contributed by atoms with Gasteiger partial charge in [0.1, 0.15) is 0 Å². The molecule has 0 aliphatic rings. The van der Waals surface area contributed by atoms with E-state index in [2.05, 4.69) is 12.6 Å². The van der Waals surface area contributed by atoms with Gasteiger partial charge in [0.25, 0.3) is 0 Å². The van der Waals surface area contributed by atoms with Crippen molar-refractivity contribution >= 4 is 24.4 Å². The number of ketones is 1. The third kappa shape index (κ3) is 8.14. The van der Waals surface area contributed by atoms with Gasteiger partial charge in [-0.05, 0) is 6.42 Å². The molecule has 0 aliphatic carbocycles. The summed E-state index contributed by atoms with van der Waals surface area (Å²) in [5, 5.41) is 8.92. The molecule has 0 rings (SSSR count). The normalized spacial score (nSPS) is 11.5. The van der Waals surface area contributed by atoms with Crippen molar-refractivity contribution < 1.29 is 66.1 Å². The van der Waals surface area contributed by atoms with Crippen LogP contribution >= 0.6 is 12.6 Å².